The van der Waals surface area contributed by atoms with Crippen molar-refractivity contribution in [2.45, 2.75) is 12.8 Å². The number of benzene rings is 2. The van der Waals surface area contributed by atoms with Crippen LogP contribution in [0.3, 0.4) is 0 Å². The van der Waals surface area contributed by atoms with Crippen molar-refractivity contribution >= 4 is 11.8 Å². The molecule has 0 saturated heterocycles. The normalized spacial score (nSPS) is 10.5. The highest BCUT2D eigenvalue weighted by Gasteiger charge is 2.12. The second-order valence-electron chi connectivity index (χ2n) is 5.58. The van der Waals surface area contributed by atoms with Crippen LogP contribution in [-0.4, -0.2) is 23.3 Å². The van der Waals surface area contributed by atoms with Gasteiger partial charge in [0.25, 0.3) is 0 Å². The summed E-state index contributed by atoms with van der Waals surface area (Å²) in [5.41, 5.74) is 1.19. The highest BCUT2D eigenvalue weighted by molar-refractivity contribution is 5.97. The molecule has 0 radical (unpaired) electrons. The number of esters is 1. The van der Waals surface area contributed by atoms with Crippen molar-refractivity contribution in [3.63, 3.8) is 0 Å². The Morgan fingerprint density at radius 3 is 2.50 bits per heavy atom. The minimum Gasteiger partial charge on any atom is -0.457 e. The maximum Gasteiger partial charge on any atom is 0.306 e. The van der Waals surface area contributed by atoms with Crippen LogP contribution in [-0.2, 0) is 16.0 Å². The summed E-state index contributed by atoms with van der Waals surface area (Å²) in [6.45, 7) is -0.296. The van der Waals surface area contributed by atoms with Crippen molar-refractivity contribution in [3.8, 4) is 11.3 Å². The predicted molar refractivity (Wildman–Crippen MR) is 91.9 cm³/mol. The number of halogens is 1. The quantitative estimate of drug-likeness (QED) is 0.477. The Bertz CT molecular complexity index is 888. The molecule has 0 atom stereocenters. The fourth-order valence-electron chi connectivity index (χ4n) is 2.31. The molecule has 0 N–H and O–H groups in total. The molecule has 2 aromatic carbocycles. The minimum absolute atomic E-state index is 0.0471. The van der Waals surface area contributed by atoms with Gasteiger partial charge in [0.15, 0.2) is 24.0 Å². The van der Waals surface area contributed by atoms with Gasteiger partial charge in [-0.05, 0) is 24.3 Å². The smallest absolute Gasteiger partial charge is 0.306 e. The molecule has 3 aromatic rings. The van der Waals surface area contributed by atoms with Crippen molar-refractivity contribution < 1.29 is 23.1 Å². The Balaban J connectivity index is 1.47. The molecule has 0 aliphatic rings. The number of ketones is 1. The summed E-state index contributed by atoms with van der Waals surface area (Å²) in [7, 11) is 0. The fourth-order valence-corrected chi connectivity index (χ4v) is 2.31. The lowest BCUT2D eigenvalue weighted by molar-refractivity contribution is -0.142. The minimum atomic E-state index is -0.504. The van der Waals surface area contributed by atoms with Gasteiger partial charge in [-0.15, -0.1) is 0 Å². The molecule has 0 amide bonds. The van der Waals surface area contributed by atoms with Gasteiger partial charge in [0, 0.05) is 17.5 Å². The second-order valence-corrected chi connectivity index (χ2v) is 5.58. The van der Waals surface area contributed by atoms with Crippen LogP contribution >= 0.6 is 0 Å². The van der Waals surface area contributed by atoms with Crippen LogP contribution in [0.1, 0.15) is 22.7 Å². The summed E-state index contributed by atoms with van der Waals surface area (Å²) >= 11 is 0. The Labute approximate surface area is 149 Å². The zero-order valence-corrected chi connectivity index (χ0v) is 13.9. The number of aromatic nitrogens is 1. The molecule has 0 aliphatic heterocycles. The molecule has 3 rings (SSSR count). The first-order chi connectivity index (χ1) is 12.6. The van der Waals surface area contributed by atoms with E-state index in [1.54, 1.807) is 42.5 Å². The van der Waals surface area contributed by atoms with Crippen LogP contribution in [0.2, 0.25) is 0 Å². The van der Waals surface area contributed by atoms with Gasteiger partial charge in [0.2, 0.25) is 0 Å². The van der Waals surface area contributed by atoms with Crippen molar-refractivity contribution in [2.75, 3.05) is 6.61 Å². The number of ether oxygens (including phenoxy) is 1. The van der Waals surface area contributed by atoms with Crippen molar-refractivity contribution in [3.05, 3.63) is 78.1 Å². The number of nitrogens with zero attached hydrogens (tertiary/aromatic N) is 1. The SMILES string of the molecule is O=C(CCc1ncc(-c2ccc(F)cc2)o1)OCC(=O)c1ccccc1. The van der Waals surface area contributed by atoms with Crippen LogP contribution < -0.4 is 0 Å². The van der Waals surface area contributed by atoms with Gasteiger partial charge in [-0.1, -0.05) is 30.3 Å². The van der Waals surface area contributed by atoms with E-state index in [1.807, 2.05) is 0 Å². The zero-order valence-electron chi connectivity index (χ0n) is 13.9. The van der Waals surface area contributed by atoms with Gasteiger partial charge in [0.05, 0.1) is 12.6 Å². The summed E-state index contributed by atoms with van der Waals surface area (Å²) in [5.74, 6) is -0.228. The third-order valence-electron chi connectivity index (χ3n) is 3.69. The first-order valence-corrected chi connectivity index (χ1v) is 8.06. The topological polar surface area (TPSA) is 69.4 Å². The van der Waals surface area contributed by atoms with E-state index in [2.05, 4.69) is 4.98 Å². The zero-order chi connectivity index (χ0) is 18.4. The van der Waals surface area contributed by atoms with Gasteiger partial charge in [-0.25, -0.2) is 9.37 Å². The monoisotopic (exact) mass is 353 g/mol. The number of carbonyl (C=O) groups is 2. The van der Waals surface area contributed by atoms with Crippen LogP contribution in [0.5, 0.6) is 0 Å². The van der Waals surface area contributed by atoms with Crippen molar-refractivity contribution in [2.24, 2.45) is 0 Å². The third-order valence-corrected chi connectivity index (χ3v) is 3.69. The Hall–Kier alpha value is -3.28. The Morgan fingerprint density at radius 2 is 1.77 bits per heavy atom. The number of oxazole rings is 1. The second kappa shape index (κ2) is 8.20. The number of Topliss-reactive ketones (excluding diaryl/α,β-unsaturated/α-hetero) is 1. The lowest BCUT2D eigenvalue weighted by Crippen LogP contribution is -2.14. The van der Waals surface area contributed by atoms with Crippen molar-refractivity contribution in [1.82, 2.24) is 4.98 Å². The number of rotatable bonds is 7. The molecule has 5 nitrogen and oxygen atoms in total. The van der Waals surface area contributed by atoms with Crippen LogP contribution in [0.4, 0.5) is 4.39 Å². The molecule has 1 heterocycles. The van der Waals surface area contributed by atoms with Gasteiger partial charge >= 0.3 is 5.97 Å². The molecule has 1 aromatic heterocycles. The molecule has 26 heavy (non-hydrogen) atoms. The molecule has 0 bridgehead atoms. The van der Waals surface area contributed by atoms with Gasteiger partial charge in [0.1, 0.15) is 5.82 Å². The summed E-state index contributed by atoms with van der Waals surface area (Å²) in [6, 6.07) is 14.5. The van der Waals surface area contributed by atoms with E-state index in [1.165, 1.54) is 18.3 Å². The summed E-state index contributed by atoms with van der Waals surface area (Å²) < 4.78 is 23.5. The fraction of sp³-hybridized carbons (Fsp3) is 0.150. The molecule has 0 spiro atoms. The predicted octanol–water partition coefficient (Wildman–Crippen LogP) is 3.84. The number of carbonyl (C=O) groups excluding carboxylic acids is 2. The maximum atomic E-state index is 12.9. The molecular weight excluding hydrogens is 337 g/mol. The molecule has 0 aliphatic carbocycles. The lowest BCUT2D eigenvalue weighted by Gasteiger charge is -2.03. The van der Waals surface area contributed by atoms with E-state index in [4.69, 9.17) is 9.15 Å². The van der Waals surface area contributed by atoms with Gasteiger partial charge < -0.3 is 9.15 Å². The molecule has 0 unspecified atom stereocenters. The van der Waals surface area contributed by atoms with E-state index in [0.29, 0.717) is 22.8 Å². The average molecular weight is 353 g/mol. The van der Waals surface area contributed by atoms with Gasteiger partial charge in [-0.2, -0.15) is 0 Å². The number of aryl methyl sites for hydroxylation is 1. The first kappa shape index (κ1) is 17.5. The summed E-state index contributed by atoms with van der Waals surface area (Å²) in [4.78, 5) is 27.7. The molecule has 6 heteroatoms. The Morgan fingerprint density at radius 1 is 1.04 bits per heavy atom. The Kier molecular flexibility index (Phi) is 5.53. The van der Waals surface area contributed by atoms with Gasteiger partial charge in [-0.3, -0.25) is 9.59 Å². The largest absolute Gasteiger partial charge is 0.457 e. The van der Waals surface area contributed by atoms with E-state index in [0.717, 1.165) is 0 Å². The first-order valence-electron chi connectivity index (χ1n) is 8.06. The highest BCUT2D eigenvalue weighted by atomic mass is 19.1. The van der Waals surface area contributed by atoms with E-state index in [9.17, 15) is 14.0 Å². The van der Waals surface area contributed by atoms with Crippen LogP contribution in [0.15, 0.2) is 65.2 Å². The third kappa shape index (κ3) is 4.63. The molecule has 132 valence electrons. The summed E-state index contributed by atoms with van der Waals surface area (Å²) in [5, 5.41) is 0. The summed E-state index contributed by atoms with van der Waals surface area (Å²) in [6.07, 6.45) is 1.82. The highest BCUT2D eigenvalue weighted by Crippen LogP contribution is 2.21. The van der Waals surface area contributed by atoms with E-state index < -0.39 is 5.97 Å². The molecule has 0 saturated carbocycles. The molecular formula is C20H16FNO4. The lowest BCUT2D eigenvalue weighted by atomic mass is 10.1. The maximum absolute atomic E-state index is 12.9. The van der Waals surface area contributed by atoms with Crippen LogP contribution in [0.25, 0.3) is 11.3 Å². The number of hydrogen-bond donors (Lipinski definition) is 0. The van der Waals surface area contributed by atoms with E-state index in [-0.39, 0.29) is 31.0 Å². The number of hydrogen-bond acceptors (Lipinski definition) is 5. The van der Waals surface area contributed by atoms with E-state index >= 15 is 0 Å². The average Bonchev–Trinajstić information content (AvgIpc) is 3.14. The standard InChI is InChI=1S/C20H16FNO4/c21-16-8-6-15(7-9-16)18-12-22-19(26-18)10-11-20(24)25-13-17(23)14-4-2-1-3-5-14/h1-9,12H,10-11,13H2. The van der Waals surface area contributed by atoms with Crippen LogP contribution in [0, 0.1) is 5.82 Å². The molecule has 0 fully saturated rings. The van der Waals surface area contributed by atoms with Crippen molar-refractivity contribution in [1.29, 1.82) is 0 Å².